The van der Waals surface area contributed by atoms with Crippen LogP contribution in [0.1, 0.15) is 17.2 Å². The molecule has 1 unspecified atom stereocenters. The van der Waals surface area contributed by atoms with E-state index in [2.05, 4.69) is 11.4 Å². The lowest BCUT2D eigenvalue weighted by atomic mass is 9.97. The number of nitrogens with zero attached hydrogens (tertiary/aromatic N) is 1. The Balaban J connectivity index is 2.12. The number of aliphatic hydroxyl groups is 1. The highest BCUT2D eigenvalue weighted by Crippen LogP contribution is 2.40. The molecular formula is C25H25N3O5. The van der Waals surface area contributed by atoms with Crippen molar-refractivity contribution in [3.05, 3.63) is 71.8 Å². The normalized spacial score (nSPS) is 11.2. The number of methoxy groups -OCH3 is 2. The molecule has 0 aromatic heterocycles. The number of ether oxygens (including phenoxy) is 3. The fourth-order valence-electron chi connectivity index (χ4n) is 3.37. The standard InChI is InChI=1S/C25H25N3O5/c1-31-22-14-21(24(25(30)32-2)28-19-8-6-16(15-26)7-9-19)23(33-11-10-29)13-20(22)17-4-3-5-18(27)12-17/h3-9,12-14,24,28-29H,10-11,27H2,1-2H3. The maximum Gasteiger partial charge on any atom is 0.333 e. The van der Waals surface area contributed by atoms with E-state index < -0.39 is 12.0 Å². The third kappa shape index (κ3) is 5.53. The van der Waals surface area contributed by atoms with E-state index in [4.69, 9.17) is 25.2 Å². The molecule has 0 aliphatic heterocycles. The number of aliphatic hydroxyl groups excluding tert-OH is 1. The summed E-state index contributed by atoms with van der Waals surface area (Å²) in [6, 6.07) is 18.5. The van der Waals surface area contributed by atoms with Gasteiger partial charge in [-0.05, 0) is 54.1 Å². The minimum absolute atomic E-state index is 0.0282. The number of carbonyl (C=O) groups excluding carboxylic acids is 1. The van der Waals surface area contributed by atoms with E-state index in [-0.39, 0.29) is 13.2 Å². The largest absolute Gasteiger partial charge is 0.496 e. The Kier molecular flexibility index (Phi) is 7.73. The number of nitrogens with two attached hydrogens (primary N) is 1. The van der Waals surface area contributed by atoms with Crippen LogP contribution in [0.3, 0.4) is 0 Å². The Bertz CT molecular complexity index is 1160. The molecule has 8 nitrogen and oxygen atoms in total. The van der Waals surface area contributed by atoms with Crippen molar-refractivity contribution in [3.63, 3.8) is 0 Å². The molecule has 0 heterocycles. The summed E-state index contributed by atoms with van der Waals surface area (Å²) in [6.45, 7) is -0.175. The lowest BCUT2D eigenvalue weighted by molar-refractivity contribution is -0.141. The molecule has 4 N–H and O–H groups in total. The van der Waals surface area contributed by atoms with Crippen LogP contribution in [0.5, 0.6) is 11.5 Å². The van der Waals surface area contributed by atoms with Gasteiger partial charge in [-0.25, -0.2) is 4.79 Å². The van der Waals surface area contributed by atoms with Crippen LogP contribution in [0.4, 0.5) is 11.4 Å². The first-order chi connectivity index (χ1) is 16.0. The second-order valence-electron chi connectivity index (χ2n) is 7.08. The maximum atomic E-state index is 12.8. The number of nitriles is 1. The van der Waals surface area contributed by atoms with Crippen molar-refractivity contribution < 1.29 is 24.1 Å². The molecule has 0 aliphatic rings. The van der Waals surface area contributed by atoms with Gasteiger partial charge in [-0.3, -0.25) is 0 Å². The fourth-order valence-corrected chi connectivity index (χ4v) is 3.37. The molecule has 8 heteroatoms. The molecule has 0 fully saturated rings. The number of nitrogen functional groups attached to an aromatic ring is 1. The van der Waals surface area contributed by atoms with E-state index in [0.29, 0.717) is 39.6 Å². The summed E-state index contributed by atoms with van der Waals surface area (Å²) in [5, 5.41) is 21.5. The average molecular weight is 447 g/mol. The van der Waals surface area contributed by atoms with Crippen LogP contribution in [0.2, 0.25) is 0 Å². The molecule has 0 spiro atoms. The van der Waals surface area contributed by atoms with Crippen molar-refractivity contribution >= 4 is 17.3 Å². The molecule has 0 saturated heterocycles. The summed E-state index contributed by atoms with van der Waals surface area (Å²) in [6.07, 6.45) is 0. The van der Waals surface area contributed by atoms with Crippen molar-refractivity contribution in [1.29, 1.82) is 5.26 Å². The van der Waals surface area contributed by atoms with E-state index in [1.54, 1.807) is 48.5 Å². The predicted molar refractivity (Wildman–Crippen MR) is 125 cm³/mol. The zero-order valence-corrected chi connectivity index (χ0v) is 18.4. The van der Waals surface area contributed by atoms with Gasteiger partial charge in [0.15, 0.2) is 6.04 Å². The predicted octanol–water partition coefficient (Wildman–Crippen LogP) is 3.51. The lowest BCUT2D eigenvalue weighted by Crippen LogP contribution is -2.23. The molecule has 3 aromatic carbocycles. The Morgan fingerprint density at radius 3 is 2.48 bits per heavy atom. The van der Waals surface area contributed by atoms with Gasteiger partial charge in [0.2, 0.25) is 0 Å². The Hall–Kier alpha value is -4.22. The van der Waals surface area contributed by atoms with Crippen LogP contribution in [-0.2, 0) is 9.53 Å². The van der Waals surface area contributed by atoms with Crippen molar-refractivity contribution in [3.8, 4) is 28.7 Å². The average Bonchev–Trinajstić information content (AvgIpc) is 2.85. The molecule has 1 atom stereocenters. The minimum atomic E-state index is -0.944. The molecule has 0 aliphatic carbocycles. The highest BCUT2D eigenvalue weighted by molar-refractivity contribution is 5.84. The van der Waals surface area contributed by atoms with Gasteiger partial charge < -0.3 is 30.4 Å². The number of hydrogen-bond acceptors (Lipinski definition) is 8. The number of anilines is 2. The molecule has 0 radical (unpaired) electrons. The van der Waals surface area contributed by atoms with Gasteiger partial charge in [0.25, 0.3) is 0 Å². The van der Waals surface area contributed by atoms with E-state index in [9.17, 15) is 9.90 Å². The number of esters is 1. The second kappa shape index (κ2) is 10.9. The van der Waals surface area contributed by atoms with Crippen molar-refractivity contribution in [1.82, 2.24) is 0 Å². The molecule has 170 valence electrons. The first kappa shape index (κ1) is 23.4. The molecule has 0 saturated carbocycles. The molecule has 33 heavy (non-hydrogen) atoms. The topological polar surface area (TPSA) is 127 Å². The second-order valence-corrected chi connectivity index (χ2v) is 7.08. The van der Waals surface area contributed by atoms with Gasteiger partial charge in [-0.1, -0.05) is 12.1 Å². The molecule has 3 aromatic rings. The van der Waals surface area contributed by atoms with Gasteiger partial charge >= 0.3 is 5.97 Å². The summed E-state index contributed by atoms with van der Waals surface area (Å²) in [7, 11) is 2.83. The minimum Gasteiger partial charge on any atom is -0.496 e. The van der Waals surface area contributed by atoms with E-state index in [1.165, 1.54) is 14.2 Å². The van der Waals surface area contributed by atoms with E-state index >= 15 is 0 Å². The van der Waals surface area contributed by atoms with Crippen molar-refractivity contribution in [2.24, 2.45) is 0 Å². The molecular weight excluding hydrogens is 422 g/mol. The van der Waals surface area contributed by atoms with Crippen molar-refractivity contribution in [2.45, 2.75) is 6.04 Å². The van der Waals surface area contributed by atoms with Gasteiger partial charge in [0.05, 0.1) is 32.5 Å². The number of hydrogen-bond donors (Lipinski definition) is 3. The zero-order chi connectivity index (χ0) is 23.8. The van der Waals surface area contributed by atoms with Crippen molar-refractivity contribution in [2.75, 3.05) is 38.5 Å². The van der Waals surface area contributed by atoms with Crippen LogP contribution in [0, 0.1) is 11.3 Å². The first-order valence-electron chi connectivity index (χ1n) is 10.2. The molecule has 0 amide bonds. The number of benzene rings is 3. The smallest absolute Gasteiger partial charge is 0.333 e. The van der Waals surface area contributed by atoms with Crippen LogP contribution >= 0.6 is 0 Å². The highest BCUT2D eigenvalue weighted by atomic mass is 16.5. The van der Waals surface area contributed by atoms with E-state index in [0.717, 1.165) is 5.56 Å². The molecule has 3 rings (SSSR count). The third-order valence-corrected chi connectivity index (χ3v) is 4.95. The van der Waals surface area contributed by atoms with Gasteiger partial charge in [0.1, 0.15) is 18.1 Å². The number of nitrogens with one attached hydrogen (secondary N) is 1. The summed E-state index contributed by atoms with van der Waals surface area (Å²) in [4.78, 5) is 12.8. The van der Waals surface area contributed by atoms with Crippen LogP contribution in [-0.4, -0.2) is 38.5 Å². The maximum absolute atomic E-state index is 12.8. The SMILES string of the molecule is COC(=O)C(Nc1ccc(C#N)cc1)c1cc(OC)c(-c2cccc(N)c2)cc1OCCO. The quantitative estimate of drug-likeness (QED) is 0.336. The fraction of sp³-hybridized carbons (Fsp3) is 0.200. The van der Waals surface area contributed by atoms with Gasteiger partial charge in [0, 0.05) is 22.5 Å². The summed E-state index contributed by atoms with van der Waals surface area (Å²) in [5.74, 6) is 0.327. The summed E-state index contributed by atoms with van der Waals surface area (Å²) in [5.41, 5.74) is 9.63. The van der Waals surface area contributed by atoms with E-state index in [1.807, 2.05) is 12.1 Å². The number of carbonyl (C=O) groups is 1. The summed E-state index contributed by atoms with van der Waals surface area (Å²) >= 11 is 0. The number of rotatable bonds is 9. The zero-order valence-electron chi connectivity index (χ0n) is 18.4. The highest BCUT2D eigenvalue weighted by Gasteiger charge is 2.27. The first-order valence-corrected chi connectivity index (χ1v) is 10.2. The summed E-state index contributed by atoms with van der Waals surface area (Å²) < 4.78 is 16.5. The molecule has 0 bridgehead atoms. The lowest BCUT2D eigenvalue weighted by Gasteiger charge is -2.23. The van der Waals surface area contributed by atoms with Crippen LogP contribution < -0.4 is 20.5 Å². The third-order valence-electron chi connectivity index (χ3n) is 4.95. The Morgan fingerprint density at radius 1 is 1.12 bits per heavy atom. The van der Waals surface area contributed by atoms with Crippen LogP contribution in [0.25, 0.3) is 11.1 Å². The van der Waals surface area contributed by atoms with Gasteiger partial charge in [-0.2, -0.15) is 5.26 Å². The Morgan fingerprint density at radius 2 is 1.88 bits per heavy atom. The van der Waals surface area contributed by atoms with Gasteiger partial charge in [-0.15, -0.1) is 0 Å². The monoisotopic (exact) mass is 447 g/mol. The van der Waals surface area contributed by atoms with Crippen LogP contribution in [0.15, 0.2) is 60.7 Å². The Labute approximate surface area is 192 Å².